The monoisotopic (exact) mass is 582 g/mol. The lowest BCUT2D eigenvalue weighted by atomic mass is 9.78. The first-order valence-electron chi connectivity index (χ1n) is 13.5. The minimum absolute atomic E-state index is 0.0447. The minimum atomic E-state index is -0.707. The molecule has 1 aliphatic carbocycles. The summed E-state index contributed by atoms with van der Waals surface area (Å²) >= 11 is 13.0. The van der Waals surface area contributed by atoms with E-state index in [4.69, 9.17) is 27.9 Å². The van der Waals surface area contributed by atoms with Crippen molar-refractivity contribution in [2.45, 2.75) is 38.3 Å². The van der Waals surface area contributed by atoms with Crippen molar-refractivity contribution in [3.63, 3.8) is 0 Å². The molecule has 4 aromatic rings. The molecule has 1 heterocycles. The Morgan fingerprint density at radius 3 is 2.41 bits per heavy atom. The number of hydrogen-bond donors (Lipinski definition) is 1. The van der Waals surface area contributed by atoms with Crippen LogP contribution in [0.2, 0.25) is 10.0 Å². The summed E-state index contributed by atoms with van der Waals surface area (Å²) in [6.45, 7) is 1.94. The summed E-state index contributed by atoms with van der Waals surface area (Å²) in [6, 6.07) is 30.0. The summed E-state index contributed by atoms with van der Waals surface area (Å²) in [5.41, 5.74) is 5.45. The molecule has 7 heteroatoms. The number of fused-ring (bicyclic) bond motifs is 1. The van der Waals surface area contributed by atoms with Crippen molar-refractivity contribution in [3.05, 3.63) is 135 Å². The molecule has 0 saturated carbocycles. The molecule has 6 rings (SSSR count). The molecule has 0 spiro atoms. The van der Waals surface area contributed by atoms with Crippen LogP contribution < -0.4 is 15.0 Å². The fraction of sp³-hybridized carbons (Fsp3) is 0.176. The molecule has 0 saturated heterocycles. The van der Waals surface area contributed by atoms with Crippen LogP contribution in [-0.4, -0.2) is 11.7 Å². The van der Waals surface area contributed by atoms with Gasteiger partial charge in [0.25, 0.3) is 0 Å². The molecule has 0 fully saturated rings. The number of ketones is 1. The van der Waals surface area contributed by atoms with Gasteiger partial charge in [-0.1, -0.05) is 89.9 Å². The molecule has 4 aromatic carbocycles. The first-order valence-corrected chi connectivity index (χ1v) is 14.3. The summed E-state index contributed by atoms with van der Waals surface area (Å²) in [6.07, 6.45) is 0.838. The highest BCUT2D eigenvalue weighted by Gasteiger charge is 2.42. The van der Waals surface area contributed by atoms with Crippen LogP contribution >= 0.6 is 23.2 Å². The van der Waals surface area contributed by atoms with Gasteiger partial charge >= 0.3 is 0 Å². The zero-order valence-electron chi connectivity index (χ0n) is 22.4. The number of ether oxygens (including phenoxy) is 1. The van der Waals surface area contributed by atoms with Gasteiger partial charge in [-0.15, -0.1) is 0 Å². The molecule has 0 radical (unpaired) electrons. The third-order valence-electron chi connectivity index (χ3n) is 7.68. The zero-order chi connectivity index (χ0) is 28.5. The molecule has 206 valence electrons. The number of para-hydroxylation sites is 3. The van der Waals surface area contributed by atoms with Crippen LogP contribution in [0.4, 0.5) is 11.4 Å². The van der Waals surface area contributed by atoms with Crippen molar-refractivity contribution in [2.24, 2.45) is 0 Å². The quantitative estimate of drug-likeness (QED) is 0.256. The predicted octanol–water partition coefficient (Wildman–Crippen LogP) is 8.49. The van der Waals surface area contributed by atoms with Gasteiger partial charge in [0.2, 0.25) is 5.91 Å². The maximum absolute atomic E-state index is 14.2. The number of nitrogens with zero attached hydrogens (tertiary/aromatic N) is 1. The van der Waals surface area contributed by atoms with Crippen LogP contribution in [0.3, 0.4) is 0 Å². The van der Waals surface area contributed by atoms with Crippen molar-refractivity contribution >= 4 is 46.3 Å². The Labute approximate surface area is 249 Å². The minimum Gasteiger partial charge on any atom is -0.489 e. The van der Waals surface area contributed by atoms with Gasteiger partial charge in [-0.05, 0) is 53.4 Å². The lowest BCUT2D eigenvalue weighted by molar-refractivity contribution is -0.117. The van der Waals surface area contributed by atoms with Crippen LogP contribution in [0, 0.1) is 0 Å². The Morgan fingerprint density at radius 1 is 0.902 bits per heavy atom. The highest BCUT2D eigenvalue weighted by molar-refractivity contribution is 6.35. The van der Waals surface area contributed by atoms with Gasteiger partial charge in [-0.3, -0.25) is 14.5 Å². The van der Waals surface area contributed by atoms with E-state index in [-0.39, 0.29) is 24.0 Å². The smallest absolute Gasteiger partial charge is 0.224 e. The number of hydrogen-bond acceptors (Lipinski definition) is 4. The summed E-state index contributed by atoms with van der Waals surface area (Å²) < 4.78 is 6.26. The summed E-state index contributed by atoms with van der Waals surface area (Å²) in [5, 5.41) is 4.42. The number of carbonyl (C=O) groups is 2. The molecule has 0 bridgehead atoms. The summed E-state index contributed by atoms with van der Waals surface area (Å²) in [4.78, 5) is 29.1. The van der Waals surface area contributed by atoms with Gasteiger partial charge in [-0.2, -0.15) is 0 Å². The van der Waals surface area contributed by atoms with E-state index >= 15 is 0 Å². The molecule has 5 nitrogen and oxygen atoms in total. The second kappa shape index (κ2) is 11.4. The van der Waals surface area contributed by atoms with E-state index in [9.17, 15) is 9.59 Å². The number of carbonyl (C=O) groups excluding carboxylic acids is 2. The number of Topliss-reactive ketones (excluding diaryl/α,β-unsaturated/α-hetero) is 1. The van der Waals surface area contributed by atoms with E-state index in [0.29, 0.717) is 39.9 Å². The number of amides is 1. The normalized spacial score (nSPS) is 18.2. The second-order valence-electron chi connectivity index (χ2n) is 10.3. The highest BCUT2D eigenvalue weighted by Crippen LogP contribution is 2.49. The van der Waals surface area contributed by atoms with Crippen molar-refractivity contribution in [2.75, 3.05) is 10.2 Å². The molecule has 1 N–H and O–H groups in total. The largest absolute Gasteiger partial charge is 0.489 e. The molecule has 2 aliphatic rings. The van der Waals surface area contributed by atoms with Gasteiger partial charge in [0, 0.05) is 40.6 Å². The van der Waals surface area contributed by atoms with Crippen LogP contribution in [0.1, 0.15) is 48.4 Å². The Hall–Kier alpha value is -4.06. The maximum atomic E-state index is 14.2. The average Bonchev–Trinajstić information content (AvgIpc) is 3.11. The van der Waals surface area contributed by atoms with E-state index in [2.05, 4.69) is 5.32 Å². The van der Waals surface area contributed by atoms with E-state index in [1.165, 1.54) is 6.92 Å². The molecule has 0 aromatic heterocycles. The maximum Gasteiger partial charge on any atom is 0.224 e. The fourth-order valence-corrected chi connectivity index (χ4v) is 6.37. The molecular weight excluding hydrogens is 555 g/mol. The third kappa shape index (κ3) is 5.35. The molecular formula is C34H28Cl2N2O3. The van der Waals surface area contributed by atoms with Gasteiger partial charge in [0.15, 0.2) is 5.78 Å². The van der Waals surface area contributed by atoms with Gasteiger partial charge in [0.1, 0.15) is 12.4 Å². The first kappa shape index (κ1) is 27.1. The number of rotatable bonds is 5. The standard InChI is InChI=1S/C34H28Cl2N2O3/c1-21(39)38-30-13-7-6-12-28(30)37-29-17-23(18-31(40)33(29)34(38)26-16-15-24(35)19-27(26)36)25-11-5-8-14-32(25)41-20-22-9-3-2-4-10-22/h2-16,19,23,34,37H,17-18,20H2,1H3. The predicted molar refractivity (Wildman–Crippen MR) is 164 cm³/mol. The van der Waals surface area contributed by atoms with Crippen LogP contribution in [-0.2, 0) is 16.2 Å². The third-order valence-corrected chi connectivity index (χ3v) is 8.24. The number of benzene rings is 4. The van der Waals surface area contributed by atoms with E-state index < -0.39 is 6.04 Å². The number of halogens is 2. The fourth-order valence-electron chi connectivity index (χ4n) is 5.86. The lowest BCUT2D eigenvalue weighted by Crippen LogP contribution is -2.37. The SMILES string of the molecule is CC(=O)N1c2ccccc2NC2=C(C(=O)CC(c3ccccc3OCc3ccccc3)C2)C1c1ccc(Cl)cc1Cl. The number of nitrogens with one attached hydrogen (secondary N) is 1. The number of allylic oxidation sites excluding steroid dienone is 1. The topological polar surface area (TPSA) is 58.6 Å². The van der Waals surface area contributed by atoms with Crippen LogP contribution in [0.25, 0.3) is 0 Å². The number of anilines is 2. The van der Waals surface area contributed by atoms with Crippen LogP contribution in [0.15, 0.2) is 108 Å². The van der Waals surface area contributed by atoms with Crippen molar-refractivity contribution in [1.29, 1.82) is 0 Å². The molecule has 1 aliphatic heterocycles. The van der Waals surface area contributed by atoms with Crippen LogP contribution in [0.5, 0.6) is 5.75 Å². The molecule has 1 amide bonds. The van der Waals surface area contributed by atoms with Gasteiger partial charge < -0.3 is 10.1 Å². The summed E-state index contributed by atoms with van der Waals surface area (Å²) in [5.74, 6) is 0.406. The average molecular weight is 584 g/mol. The van der Waals surface area contributed by atoms with Gasteiger partial charge in [0.05, 0.1) is 17.4 Å². The second-order valence-corrected chi connectivity index (χ2v) is 11.2. The van der Waals surface area contributed by atoms with Crippen molar-refractivity contribution in [1.82, 2.24) is 0 Å². The lowest BCUT2D eigenvalue weighted by Gasteiger charge is -2.35. The molecule has 41 heavy (non-hydrogen) atoms. The highest BCUT2D eigenvalue weighted by atomic mass is 35.5. The van der Waals surface area contributed by atoms with E-state index in [1.807, 2.05) is 78.9 Å². The van der Waals surface area contributed by atoms with E-state index in [0.717, 1.165) is 28.3 Å². The molecule has 2 unspecified atom stereocenters. The Kier molecular flexibility index (Phi) is 7.57. The van der Waals surface area contributed by atoms with Gasteiger partial charge in [-0.25, -0.2) is 0 Å². The summed E-state index contributed by atoms with van der Waals surface area (Å²) in [7, 11) is 0. The Balaban J connectivity index is 1.44. The Bertz CT molecular complexity index is 1670. The first-order chi connectivity index (χ1) is 19.9. The van der Waals surface area contributed by atoms with Crippen molar-refractivity contribution < 1.29 is 14.3 Å². The zero-order valence-corrected chi connectivity index (χ0v) is 24.0. The molecule has 2 atom stereocenters. The van der Waals surface area contributed by atoms with Crippen molar-refractivity contribution in [3.8, 4) is 5.75 Å². The Morgan fingerprint density at radius 2 is 1.63 bits per heavy atom. The van der Waals surface area contributed by atoms with E-state index in [1.54, 1.807) is 23.1 Å².